The first-order valence-corrected chi connectivity index (χ1v) is 10.2. The summed E-state index contributed by atoms with van der Waals surface area (Å²) >= 11 is 2.04. The van der Waals surface area contributed by atoms with Crippen molar-refractivity contribution in [2.75, 3.05) is 4.43 Å². The molecule has 1 amide bonds. The summed E-state index contributed by atoms with van der Waals surface area (Å²) < 4.78 is 11.4. The molecule has 5 nitrogen and oxygen atoms in total. The molecule has 0 heterocycles. The van der Waals surface area contributed by atoms with Gasteiger partial charge in [0, 0.05) is 4.43 Å². The van der Waals surface area contributed by atoms with E-state index in [2.05, 4.69) is 5.32 Å². The molecule has 144 valence electrons. The number of rotatable bonds is 6. The van der Waals surface area contributed by atoms with Crippen LogP contribution in [0.5, 0.6) is 0 Å². The molecule has 0 saturated carbocycles. The summed E-state index contributed by atoms with van der Waals surface area (Å²) in [6.45, 7) is 5.31. The molecule has 0 saturated heterocycles. The highest BCUT2D eigenvalue weighted by Gasteiger charge is 2.28. The van der Waals surface area contributed by atoms with E-state index in [0.29, 0.717) is 4.43 Å². The highest BCUT2D eigenvalue weighted by molar-refractivity contribution is 14.1. The maximum atomic E-state index is 12.7. The Morgan fingerprint density at radius 3 is 1.85 bits per heavy atom. The number of alkyl halides is 1. The monoisotopic (exact) mass is 481 g/mol. The maximum Gasteiger partial charge on any atom is 0.408 e. The van der Waals surface area contributed by atoms with E-state index < -0.39 is 29.8 Å². The molecule has 0 unspecified atom stereocenters. The van der Waals surface area contributed by atoms with Crippen molar-refractivity contribution in [3.05, 3.63) is 71.8 Å². The van der Waals surface area contributed by atoms with Crippen LogP contribution in [0.3, 0.4) is 0 Å². The zero-order valence-electron chi connectivity index (χ0n) is 15.6. The molecule has 1 N–H and O–H groups in total. The predicted molar refractivity (Wildman–Crippen MR) is 113 cm³/mol. The van der Waals surface area contributed by atoms with Gasteiger partial charge in [0.25, 0.3) is 0 Å². The molecule has 0 spiro atoms. The number of esters is 1. The fourth-order valence-electron chi connectivity index (χ4n) is 2.39. The van der Waals surface area contributed by atoms with Gasteiger partial charge < -0.3 is 14.8 Å². The number of alkyl carbamates (subject to hydrolysis) is 1. The van der Waals surface area contributed by atoms with Crippen LogP contribution < -0.4 is 5.32 Å². The van der Waals surface area contributed by atoms with E-state index in [1.165, 1.54) is 0 Å². The third-order valence-corrected chi connectivity index (χ3v) is 4.45. The molecule has 0 bridgehead atoms. The molecule has 2 aromatic rings. The zero-order valence-corrected chi connectivity index (χ0v) is 17.8. The number of carbonyl (C=O) groups is 2. The second kappa shape index (κ2) is 9.73. The van der Waals surface area contributed by atoms with Gasteiger partial charge in [-0.3, -0.25) is 0 Å². The minimum absolute atomic E-state index is 0.367. The van der Waals surface area contributed by atoms with Crippen molar-refractivity contribution in [1.29, 1.82) is 0 Å². The van der Waals surface area contributed by atoms with Gasteiger partial charge in [0.05, 0.1) is 0 Å². The highest BCUT2D eigenvalue weighted by Crippen LogP contribution is 2.26. The van der Waals surface area contributed by atoms with Crippen LogP contribution in [0.25, 0.3) is 0 Å². The Kier molecular flexibility index (Phi) is 7.65. The Bertz CT molecular complexity index is 704. The SMILES string of the molecule is CC(C)(C)OC(=O)N[C@H](CI)C(=O)OC(c1ccccc1)c1ccccc1. The summed E-state index contributed by atoms with van der Waals surface area (Å²) in [6, 6.07) is 18.2. The van der Waals surface area contributed by atoms with Crippen molar-refractivity contribution in [1.82, 2.24) is 5.32 Å². The minimum atomic E-state index is -0.796. The topological polar surface area (TPSA) is 64.6 Å². The van der Waals surface area contributed by atoms with Gasteiger partial charge in [-0.15, -0.1) is 0 Å². The number of nitrogens with one attached hydrogen (secondary N) is 1. The number of benzene rings is 2. The van der Waals surface area contributed by atoms with Gasteiger partial charge in [-0.25, -0.2) is 9.59 Å². The minimum Gasteiger partial charge on any atom is -0.451 e. The normalized spacial score (nSPS) is 12.3. The Labute approximate surface area is 173 Å². The first-order valence-electron chi connectivity index (χ1n) is 8.66. The third-order valence-electron chi connectivity index (χ3n) is 3.57. The molecule has 2 rings (SSSR count). The van der Waals surface area contributed by atoms with Crippen molar-refractivity contribution < 1.29 is 19.1 Å². The molecule has 0 aliphatic heterocycles. The largest absolute Gasteiger partial charge is 0.451 e. The van der Waals surface area contributed by atoms with Crippen molar-refractivity contribution in [2.24, 2.45) is 0 Å². The molecule has 6 heteroatoms. The van der Waals surface area contributed by atoms with Crippen molar-refractivity contribution in [3.63, 3.8) is 0 Å². The molecule has 0 aromatic heterocycles. The van der Waals surface area contributed by atoms with E-state index in [1.54, 1.807) is 20.8 Å². The quantitative estimate of drug-likeness (QED) is 0.371. The summed E-state index contributed by atoms with van der Waals surface area (Å²) in [6.07, 6.45) is -1.19. The lowest BCUT2D eigenvalue weighted by atomic mass is 10.0. The van der Waals surface area contributed by atoms with Gasteiger partial charge in [-0.1, -0.05) is 83.3 Å². The Morgan fingerprint density at radius 1 is 0.963 bits per heavy atom. The number of amides is 1. The molecular weight excluding hydrogens is 457 g/mol. The summed E-state index contributed by atoms with van der Waals surface area (Å²) in [5, 5.41) is 2.59. The second-order valence-corrected chi connectivity index (χ2v) is 7.87. The summed E-state index contributed by atoms with van der Waals surface area (Å²) in [7, 11) is 0. The average molecular weight is 481 g/mol. The lowest BCUT2D eigenvalue weighted by molar-refractivity contribution is -0.149. The van der Waals surface area contributed by atoms with E-state index in [9.17, 15) is 9.59 Å². The number of halogens is 1. The molecular formula is C21H24INO4. The number of hydrogen-bond donors (Lipinski definition) is 1. The molecule has 27 heavy (non-hydrogen) atoms. The van der Waals surface area contributed by atoms with Crippen LogP contribution >= 0.6 is 22.6 Å². The first kappa shape index (κ1) is 21.2. The van der Waals surface area contributed by atoms with E-state index in [1.807, 2.05) is 83.3 Å². The number of carbonyl (C=O) groups excluding carboxylic acids is 2. The van der Waals surface area contributed by atoms with Crippen molar-refractivity contribution in [3.8, 4) is 0 Å². The Balaban J connectivity index is 2.16. The fraction of sp³-hybridized carbons (Fsp3) is 0.333. The van der Waals surface area contributed by atoms with Crippen LogP contribution in [-0.2, 0) is 14.3 Å². The highest BCUT2D eigenvalue weighted by atomic mass is 127. The lowest BCUT2D eigenvalue weighted by Crippen LogP contribution is -2.45. The molecule has 2 aromatic carbocycles. The van der Waals surface area contributed by atoms with Gasteiger partial charge >= 0.3 is 12.1 Å². The first-order chi connectivity index (χ1) is 12.8. The number of ether oxygens (including phenoxy) is 2. The van der Waals surface area contributed by atoms with Crippen LogP contribution in [0.1, 0.15) is 38.0 Å². The van der Waals surface area contributed by atoms with Crippen molar-refractivity contribution >= 4 is 34.7 Å². The van der Waals surface area contributed by atoms with Gasteiger partial charge in [-0.2, -0.15) is 0 Å². The van der Waals surface area contributed by atoms with E-state index in [4.69, 9.17) is 9.47 Å². The van der Waals surface area contributed by atoms with Gasteiger partial charge in [0.2, 0.25) is 0 Å². The predicted octanol–water partition coefficient (Wildman–Crippen LogP) is 4.65. The number of hydrogen-bond acceptors (Lipinski definition) is 4. The maximum absolute atomic E-state index is 12.7. The van der Waals surface area contributed by atoms with Crippen LogP contribution in [-0.4, -0.2) is 28.1 Å². The van der Waals surface area contributed by atoms with Gasteiger partial charge in [-0.05, 0) is 31.9 Å². The van der Waals surface area contributed by atoms with Gasteiger partial charge in [0.1, 0.15) is 11.6 Å². The zero-order chi connectivity index (χ0) is 19.9. The van der Waals surface area contributed by atoms with Crippen LogP contribution in [0.2, 0.25) is 0 Å². The average Bonchev–Trinajstić information content (AvgIpc) is 2.64. The summed E-state index contributed by atoms with van der Waals surface area (Å²) in [5.41, 5.74) is 1.09. The Morgan fingerprint density at radius 2 is 1.44 bits per heavy atom. The Hall–Kier alpha value is -2.09. The summed E-state index contributed by atoms with van der Waals surface area (Å²) in [4.78, 5) is 24.7. The molecule has 0 radical (unpaired) electrons. The lowest BCUT2D eigenvalue weighted by Gasteiger charge is -2.24. The molecule has 0 aliphatic rings. The van der Waals surface area contributed by atoms with E-state index in [0.717, 1.165) is 11.1 Å². The van der Waals surface area contributed by atoms with E-state index in [-0.39, 0.29) is 0 Å². The van der Waals surface area contributed by atoms with Crippen LogP contribution in [0.15, 0.2) is 60.7 Å². The van der Waals surface area contributed by atoms with Crippen LogP contribution in [0.4, 0.5) is 4.79 Å². The molecule has 1 atom stereocenters. The second-order valence-electron chi connectivity index (χ2n) is 6.99. The van der Waals surface area contributed by atoms with Crippen molar-refractivity contribution in [2.45, 2.75) is 38.5 Å². The third kappa shape index (κ3) is 6.86. The fourth-order valence-corrected chi connectivity index (χ4v) is 2.97. The summed E-state index contributed by atoms with van der Waals surface area (Å²) in [5.74, 6) is -0.507. The smallest absolute Gasteiger partial charge is 0.408 e. The van der Waals surface area contributed by atoms with E-state index >= 15 is 0 Å². The van der Waals surface area contributed by atoms with Gasteiger partial charge in [0.15, 0.2) is 6.10 Å². The molecule has 0 fully saturated rings. The van der Waals surface area contributed by atoms with Crippen LogP contribution in [0, 0.1) is 0 Å². The molecule has 0 aliphatic carbocycles. The standard InChI is InChI=1S/C21H24INO4/c1-21(2,3)27-20(25)23-17(14-22)19(24)26-18(15-10-6-4-7-11-15)16-12-8-5-9-13-16/h4-13,17-18H,14H2,1-3H3,(H,23,25)/t17-/m1/s1.